The Kier molecular flexibility index (Phi) is 4.77. The van der Waals surface area contributed by atoms with E-state index in [1.807, 2.05) is 0 Å². The summed E-state index contributed by atoms with van der Waals surface area (Å²) in [7, 11) is -0.756. The lowest BCUT2D eigenvalue weighted by Gasteiger charge is -2.20. The van der Waals surface area contributed by atoms with Gasteiger partial charge in [-0.1, -0.05) is 11.6 Å². The highest BCUT2D eigenvalue weighted by atomic mass is 35.5. The van der Waals surface area contributed by atoms with E-state index in [1.54, 1.807) is 12.1 Å². The molecule has 1 aromatic carbocycles. The number of ether oxygens (including phenoxy) is 2. The molecule has 0 amide bonds. The van der Waals surface area contributed by atoms with Gasteiger partial charge in [-0.05, 0) is 23.8 Å². The molecule has 0 saturated carbocycles. The summed E-state index contributed by atoms with van der Waals surface area (Å²) in [5, 5.41) is 0.386. The predicted octanol–water partition coefficient (Wildman–Crippen LogP) is 1.57. The minimum Gasteiger partial charge on any atom is -0.486 e. The zero-order valence-electron chi connectivity index (χ0n) is 13.7. The molecule has 2 heterocycles. The number of fused-ring (bicyclic) bond motifs is 1. The van der Waals surface area contributed by atoms with Crippen molar-refractivity contribution in [2.45, 2.75) is 11.4 Å². The van der Waals surface area contributed by atoms with Gasteiger partial charge in [0.25, 0.3) is 5.56 Å². The molecular weight excluding hydrogens is 368 g/mol. The van der Waals surface area contributed by atoms with E-state index < -0.39 is 10.0 Å². The Morgan fingerprint density at radius 2 is 1.92 bits per heavy atom. The maximum Gasteiger partial charge on any atom is 0.250 e. The maximum atomic E-state index is 12.2. The summed E-state index contributed by atoms with van der Waals surface area (Å²) in [5.74, 6) is 0.992. The van der Waals surface area contributed by atoms with Gasteiger partial charge in [-0.3, -0.25) is 4.79 Å². The van der Waals surface area contributed by atoms with Crippen molar-refractivity contribution in [1.29, 1.82) is 0 Å². The van der Waals surface area contributed by atoms with Crippen molar-refractivity contribution in [1.82, 2.24) is 8.87 Å². The van der Waals surface area contributed by atoms with E-state index in [1.165, 1.54) is 37.0 Å². The number of benzene rings is 1. The van der Waals surface area contributed by atoms with Gasteiger partial charge in [-0.25, -0.2) is 12.7 Å². The van der Waals surface area contributed by atoms with Crippen LogP contribution in [0.3, 0.4) is 0 Å². The van der Waals surface area contributed by atoms with E-state index >= 15 is 0 Å². The summed E-state index contributed by atoms with van der Waals surface area (Å²) < 4.78 is 37.9. The summed E-state index contributed by atoms with van der Waals surface area (Å²) >= 11 is 6.20. The van der Waals surface area contributed by atoms with Crippen LogP contribution < -0.4 is 15.0 Å². The average molecular weight is 385 g/mol. The second-order valence-corrected chi connectivity index (χ2v) is 8.28. The molecule has 0 spiro atoms. The van der Waals surface area contributed by atoms with Gasteiger partial charge in [0.1, 0.15) is 13.2 Å². The number of hydrogen-bond donors (Lipinski definition) is 0. The first-order valence-electron chi connectivity index (χ1n) is 7.50. The number of halogens is 1. The number of rotatable bonds is 4. The maximum absolute atomic E-state index is 12.2. The fourth-order valence-electron chi connectivity index (χ4n) is 2.45. The van der Waals surface area contributed by atoms with Gasteiger partial charge < -0.3 is 14.0 Å². The molecule has 7 nitrogen and oxygen atoms in total. The van der Waals surface area contributed by atoms with Crippen LogP contribution in [0.2, 0.25) is 5.02 Å². The van der Waals surface area contributed by atoms with Crippen molar-refractivity contribution >= 4 is 21.6 Å². The molecule has 25 heavy (non-hydrogen) atoms. The summed E-state index contributed by atoms with van der Waals surface area (Å²) in [5.41, 5.74) is 0.388. The second kappa shape index (κ2) is 6.70. The van der Waals surface area contributed by atoms with Crippen LogP contribution in [-0.2, 0) is 16.6 Å². The number of aromatic nitrogens is 1. The van der Waals surface area contributed by atoms with Crippen LogP contribution in [0.5, 0.6) is 11.5 Å². The van der Waals surface area contributed by atoms with Crippen LogP contribution >= 0.6 is 11.6 Å². The van der Waals surface area contributed by atoms with Crippen LogP contribution in [0.1, 0.15) is 5.56 Å². The highest BCUT2D eigenvalue weighted by Crippen LogP contribution is 2.38. The minimum atomic E-state index is -3.63. The topological polar surface area (TPSA) is 77.8 Å². The Labute approximate surface area is 150 Å². The van der Waals surface area contributed by atoms with Crippen molar-refractivity contribution in [3.63, 3.8) is 0 Å². The fraction of sp³-hybridized carbons (Fsp3) is 0.312. The van der Waals surface area contributed by atoms with Gasteiger partial charge in [-0.2, -0.15) is 0 Å². The number of pyridine rings is 1. The molecule has 2 aromatic rings. The van der Waals surface area contributed by atoms with E-state index in [4.69, 9.17) is 21.1 Å². The van der Waals surface area contributed by atoms with Gasteiger partial charge in [0.05, 0.1) is 16.5 Å². The third kappa shape index (κ3) is 3.51. The summed E-state index contributed by atoms with van der Waals surface area (Å²) in [6.07, 6.45) is 1.32. The molecule has 0 fully saturated rings. The molecule has 134 valence electrons. The highest BCUT2D eigenvalue weighted by molar-refractivity contribution is 7.89. The zero-order valence-corrected chi connectivity index (χ0v) is 15.3. The summed E-state index contributed by atoms with van der Waals surface area (Å²) in [6.45, 7) is 1.01. The number of nitrogens with zero attached hydrogens (tertiary/aromatic N) is 2. The molecule has 0 aliphatic carbocycles. The van der Waals surface area contributed by atoms with E-state index in [-0.39, 0.29) is 17.0 Å². The monoisotopic (exact) mass is 384 g/mol. The van der Waals surface area contributed by atoms with Crippen molar-refractivity contribution in [3.05, 3.63) is 51.4 Å². The van der Waals surface area contributed by atoms with Gasteiger partial charge in [-0.15, -0.1) is 0 Å². The Bertz CT molecular complexity index is 969. The number of hydrogen-bond acceptors (Lipinski definition) is 5. The first kappa shape index (κ1) is 17.8. The van der Waals surface area contributed by atoms with Crippen LogP contribution in [0.25, 0.3) is 0 Å². The molecule has 3 rings (SSSR count). The average Bonchev–Trinajstić information content (AvgIpc) is 2.56. The van der Waals surface area contributed by atoms with Gasteiger partial charge in [0.15, 0.2) is 11.5 Å². The molecule has 0 saturated heterocycles. The normalized spacial score (nSPS) is 13.9. The second-order valence-electron chi connectivity index (χ2n) is 5.72. The smallest absolute Gasteiger partial charge is 0.250 e. The first-order chi connectivity index (χ1) is 11.8. The van der Waals surface area contributed by atoms with Gasteiger partial charge in [0.2, 0.25) is 10.0 Å². The Morgan fingerprint density at radius 3 is 2.64 bits per heavy atom. The molecule has 0 atom stereocenters. The quantitative estimate of drug-likeness (QED) is 0.799. The Balaban J connectivity index is 1.99. The van der Waals surface area contributed by atoms with Crippen LogP contribution in [0, 0.1) is 0 Å². The van der Waals surface area contributed by atoms with Gasteiger partial charge in [0, 0.05) is 26.4 Å². The molecule has 0 unspecified atom stereocenters. The van der Waals surface area contributed by atoms with Crippen LogP contribution in [0.15, 0.2) is 40.2 Å². The molecule has 0 N–H and O–H groups in total. The molecule has 1 aliphatic rings. The lowest BCUT2D eigenvalue weighted by Crippen LogP contribution is -2.26. The van der Waals surface area contributed by atoms with Crippen molar-refractivity contribution in [2.75, 3.05) is 27.3 Å². The molecule has 1 aliphatic heterocycles. The summed E-state index contributed by atoms with van der Waals surface area (Å²) in [6, 6.07) is 5.94. The SMILES string of the molecule is CN(C)S(=O)(=O)c1ccc(=O)n(Cc2cc(Cl)c3c(c2)OCCO3)c1. The molecule has 0 radical (unpaired) electrons. The van der Waals surface area contributed by atoms with Crippen molar-refractivity contribution in [2.24, 2.45) is 0 Å². The highest BCUT2D eigenvalue weighted by Gasteiger charge is 2.19. The van der Waals surface area contributed by atoms with Crippen LogP contribution in [0.4, 0.5) is 0 Å². The standard InChI is InChI=1S/C16H17ClN2O5S/c1-18(2)25(21,22)12-3-4-15(20)19(10-12)9-11-7-13(17)16-14(8-11)23-5-6-24-16/h3-4,7-8,10H,5-6,9H2,1-2H3. The minimum absolute atomic E-state index is 0.0424. The lowest BCUT2D eigenvalue weighted by atomic mass is 10.2. The third-order valence-corrected chi connectivity index (χ3v) is 5.82. The lowest BCUT2D eigenvalue weighted by molar-refractivity contribution is 0.171. The van der Waals surface area contributed by atoms with E-state index in [0.29, 0.717) is 35.3 Å². The molecule has 1 aromatic heterocycles. The first-order valence-corrected chi connectivity index (χ1v) is 9.32. The zero-order chi connectivity index (χ0) is 18.2. The largest absolute Gasteiger partial charge is 0.486 e. The molecule has 9 heteroatoms. The van der Waals surface area contributed by atoms with Crippen molar-refractivity contribution < 1.29 is 17.9 Å². The van der Waals surface area contributed by atoms with E-state index in [9.17, 15) is 13.2 Å². The molecule has 0 bridgehead atoms. The molecular formula is C16H17ClN2O5S. The Hall–Kier alpha value is -2.03. The Morgan fingerprint density at radius 1 is 1.20 bits per heavy atom. The summed E-state index contributed by atoms with van der Waals surface area (Å²) in [4.78, 5) is 12.2. The van der Waals surface area contributed by atoms with Crippen molar-refractivity contribution in [3.8, 4) is 11.5 Å². The number of sulfonamides is 1. The van der Waals surface area contributed by atoms with E-state index in [2.05, 4.69) is 0 Å². The fourth-order valence-corrected chi connectivity index (χ4v) is 3.66. The third-order valence-electron chi connectivity index (χ3n) is 3.74. The van der Waals surface area contributed by atoms with Crippen LogP contribution in [-0.4, -0.2) is 44.6 Å². The predicted molar refractivity (Wildman–Crippen MR) is 93.1 cm³/mol. The van der Waals surface area contributed by atoms with E-state index in [0.717, 1.165) is 4.31 Å². The van der Waals surface area contributed by atoms with Gasteiger partial charge >= 0.3 is 0 Å².